The zero-order valence-corrected chi connectivity index (χ0v) is 13.5. The van der Waals surface area contributed by atoms with Crippen molar-refractivity contribution in [3.63, 3.8) is 0 Å². The van der Waals surface area contributed by atoms with Crippen molar-refractivity contribution < 1.29 is 4.52 Å². The lowest BCUT2D eigenvalue weighted by Crippen LogP contribution is -2.34. The molecule has 0 spiro atoms. The maximum absolute atomic E-state index is 5.44. The van der Waals surface area contributed by atoms with Gasteiger partial charge in [-0.3, -0.25) is 0 Å². The molecule has 1 heterocycles. The van der Waals surface area contributed by atoms with Gasteiger partial charge < -0.3 is 9.84 Å². The van der Waals surface area contributed by atoms with Crippen molar-refractivity contribution in [1.29, 1.82) is 0 Å². The second-order valence-electron chi connectivity index (χ2n) is 6.56. The van der Waals surface area contributed by atoms with E-state index in [-0.39, 0.29) is 6.04 Å². The summed E-state index contributed by atoms with van der Waals surface area (Å²) >= 11 is 0. The molecule has 2 aromatic rings. The van der Waals surface area contributed by atoms with Gasteiger partial charge in [-0.15, -0.1) is 0 Å². The lowest BCUT2D eigenvalue weighted by Gasteiger charge is -2.28. The fraction of sp³-hybridized carbons (Fsp3) is 0.556. The van der Waals surface area contributed by atoms with Crippen molar-refractivity contribution in [2.75, 3.05) is 0 Å². The zero-order valence-electron chi connectivity index (χ0n) is 13.5. The van der Waals surface area contributed by atoms with Crippen LogP contribution >= 0.6 is 0 Å². The molecule has 0 bridgehead atoms. The van der Waals surface area contributed by atoms with E-state index in [9.17, 15) is 0 Å². The Labute approximate surface area is 132 Å². The molecule has 1 saturated carbocycles. The summed E-state index contributed by atoms with van der Waals surface area (Å²) in [6.07, 6.45) is 5.84. The molecule has 1 aromatic carbocycles. The minimum Gasteiger partial charge on any atom is -0.338 e. The minimum atomic E-state index is 0.121. The lowest BCUT2D eigenvalue weighted by atomic mass is 9.87. The van der Waals surface area contributed by atoms with Crippen molar-refractivity contribution >= 4 is 0 Å². The minimum absolute atomic E-state index is 0.121. The summed E-state index contributed by atoms with van der Waals surface area (Å²) < 4.78 is 5.44. The summed E-state index contributed by atoms with van der Waals surface area (Å²) in [6.45, 7) is 4.45. The molecule has 0 amide bonds. The molecular weight excluding hydrogens is 274 g/mol. The molecular formula is C18H25N3O. The Hall–Kier alpha value is -1.68. The maximum atomic E-state index is 5.44. The van der Waals surface area contributed by atoms with Gasteiger partial charge in [0.05, 0.1) is 6.04 Å². The highest BCUT2D eigenvalue weighted by Crippen LogP contribution is 2.25. The van der Waals surface area contributed by atoms with Crippen LogP contribution in [0.5, 0.6) is 0 Å². The van der Waals surface area contributed by atoms with E-state index in [1.54, 1.807) is 0 Å². The Morgan fingerprint density at radius 1 is 1.18 bits per heavy atom. The predicted octanol–water partition coefficient (Wildman–Crippen LogP) is 3.89. The van der Waals surface area contributed by atoms with Crippen LogP contribution in [-0.4, -0.2) is 16.2 Å². The van der Waals surface area contributed by atoms with E-state index in [0.717, 1.165) is 18.2 Å². The SMILES string of the molecule is CC1CCC(NC(C)c2nc(Cc3ccccc3)no2)CC1. The lowest BCUT2D eigenvalue weighted by molar-refractivity contribution is 0.265. The van der Waals surface area contributed by atoms with Gasteiger partial charge in [0.2, 0.25) is 5.89 Å². The number of benzene rings is 1. The van der Waals surface area contributed by atoms with E-state index in [2.05, 4.69) is 41.4 Å². The van der Waals surface area contributed by atoms with E-state index < -0.39 is 0 Å². The number of rotatable bonds is 5. The normalized spacial score (nSPS) is 23.4. The van der Waals surface area contributed by atoms with Crippen molar-refractivity contribution in [2.24, 2.45) is 5.92 Å². The first kappa shape index (κ1) is 15.2. The van der Waals surface area contributed by atoms with Gasteiger partial charge in [-0.1, -0.05) is 42.4 Å². The molecule has 0 radical (unpaired) electrons. The predicted molar refractivity (Wildman–Crippen MR) is 86.5 cm³/mol. The van der Waals surface area contributed by atoms with E-state index in [4.69, 9.17) is 4.52 Å². The Morgan fingerprint density at radius 3 is 2.64 bits per heavy atom. The van der Waals surface area contributed by atoms with Crippen molar-refractivity contribution in [2.45, 2.75) is 58.0 Å². The van der Waals surface area contributed by atoms with Crippen LogP contribution in [0.15, 0.2) is 34.9 Å². The highest BCUT2D eigenvalue weighted by atomic mass is 16.5. The van der Waals surface area contributed by atoms with Crippen LogP contribution in [0.1, 0.15) is 62.9 Å². The fourth-order valence-corrected chi connectivity index (χ4v) is 3.15. The van der Waals surface area contributed by atoms with Gasteiger partial charge in [-0.25, -0.2) is 0 Å². The number of aromatic nitrogens is 2. The molecule has 4 nitrogen and oxygen atoms in total. The summed E-state index contributed by atoms with van der Waals surface area (Å²) in [5, 5.41) is 7.75. The van der Waals surface area contributed by atoms with Crippen LogP contribution in [0.25, 0.3) is 0 Å². The summed E-state index contributed by atoms with van der Waals surface area (Å²) in [5.41, 5.74) is 1.21. The van der Waals surface area contributed by atoms with E-state index in [1.807, 2.05) is 18.2 Å². The number of nitrogens with one attached hydrogen (secondary N) is 1. The van der Waals surface area contributed by atoms with Gasteiger partial charge in [0.1, 0.15) is 0 Å². The third kappa shape index (κ3) is 3.95. The van der Waals surface area contributed by atoms with Gasteiger partial charge in [-0.2, -0.15) is 4.98 Å². The first-order chi connectivity index (χ1) is 10.7. The molecule has 1 aliphatic rings. The van der Waals surface area contributed by atoms with Gasteiger partial charge in [0.15, 0.2) is 5.82 Å². The highest BCUT2D eigenvalue weighted by Gasteiger charge is 2.22. The zero-order chi connectivity index (χ0) is 15.4. The molecule has 3 rings (SSSR count). The highest BCUT2D eigenvalue weighted by molar-refractivity contribution is 5.18. The van der Waals surface area contributed by atoms with Crippen LogP contribution in [0.2, 0.25) is 0 Å². The topological polar surface area (TPSA) is 51.0 Å². The maximum Gasteiger partial charge on any atom is 0.243 e. The molecule has 1 aromatic heterocycles. The largest absolute Gasteiger partial charge is 0.338 e. The molecule has 118 valence electrons. The van der Waals surface area contributed by atoms with E-state index in [1.165, 1.54) is 31.2 Å². The second-order valence-corrected chi connectivity index (χ2v) is 6.56. The molecule has 1 unspecified atom stereocenters. The summed E-state index contributed by atoms with van der Waals surface area (Å²) in [6, 6.07) is 10.9. The van der Waals surface area contributed by atoms with E-state index in [0.29, 0.717) is 11.9 Å². The molecule has 1 N–H and O–H groups in total. The summed E-state index contributed by atoms with van der Waals surface area (Å²) in [5.74, 6) is 2.32. The Bertz CT molecular complexity index is 573. The molecule has 0 aliphatic heterocycles. The van der Waals surface area contributed by atoms with Gasteiger partial charge in [0, 0.05) is 12.5 Å². The Morgan fingerprint density at radius 2 is 1.91 bits per heavy atom. The first-order valence-corrected chi connectivity index (χ1v) is 8.33. The second kappa shape index (κ2) is 7.05. The smallest absolute Gasteiger partial charge is 0.243 e. The van der Waals surface area contributed by atoms with E-state index >= 15 is 0 Å². The van der Waals surface area contributed by atoms with Gasteiger partial charge >= 0.3 is 0 Å². The fourth-order valence-electron chi connectivity index (χ4n) is 3.15. The standard InChI is InChI=1S/C18H25N3O/c1-13-8-10-16(11-9-13)19-14(2)18-20-17(21-22-18)12-15-6-4-3-5-7-15/h3-7,13-14,16,19H,8-12H2,1-2H3. The Balaban J connectivity index is 1.56. The first-order valence-electron chi connectivity index (χ1n) is 8.33. The molecule has 1 aliphatic carbocycles. The molecule has 4 heteroatoms. The number of nitrogens with zero attached hydrogens (tertiary/aromatic N) is 2. The summed E-state index contributed by atoms with van der Waals surface area (Å²) in [7, 11) is 0. The number of hydrogen-bond acceptors (Lipinski definition) is 4. The van der Waals surface area contributed by atoms with Crippen LogP contribution in [0.4, 0.5) is 0 Å². The van der Waals surface area contributed by atoms with Crippen molar-refractivity contribution in [1.82, 2.24) is 15.5 Å². The third-order valence-corrected chi connectivity index (χ3v) is 4.56. The average molecular weight is 299 g/mol. The van der Waals surface area contributed by atoms with Crippen molar-refractivity contribution in [3.05, 3.63) is 47.6 Å². The van der Waals surface area contributed by atoms with Gasteiger partial charge in [0.25, 0.3) is 0 Å². The monoisotopic (exact) mass is 299 g/mol. The van der Waals surface area contributed by atoms with Gasteiger partial charge in [-0.05, 0) is 44.1 Å². The van der Waals surface area contributed by atoms with Crippen LogP contribution in [-0.2, 0) is 6.42 Å². The van der Waals surface area contributed by atoms with Crippen molar-refractivity contribution in [3.8, 4) is 0 Å². The molecule has 1 atom stereocenters. The number of hydrogen-bond donors (Lipinski definition) is 1. The molecule has 1 fully saturated rings. The van der Waals surface area contributed by atoms with Crippen LogP contribution < -0.4 is 5.32 Å². The molecule has 0 saturated heterocycles. The third-order valence-electron chi connectivity index (χ3n) is 4.56. The molecule has 22 heavy (non-hydrogen) atoms. The van der Waals surface area contributed by atoms with Crippen LogP contribution in [0.3, 0.4) is 0 Å². The van der Waals surface area contributed by atoms with Crippen LogP contribution in [0, 0.1) is 5.92 Å². The summed E-state index contributed by atoms with van der Waals surface area (Å²) in [4.78, 5) is 4.55. The quantitative estimate of drug-likeness (QED) is 0.910. The Kier molecular flexibility index (Phi) is 4.88. The average Bonchev–Trinajstić information content (AvgIpc) is 2.99.